The molecule has 5 heteroatoms. The zero-order chi connectivity index (χ0) is 24.4. The van der Waals surface area contributed by atoms with Crippen LogP contribution in [0.1, 0.15) is 60.3 Å². The molecule has 33 heavy (non-hydrogen) atoms. The Hall–Kier alpha value is -3.04. The van der Waals surface area contributed by atoms with Crippen molar-refractivity contribution < 1.29 is 4.74 Å². The fourth-order valence-corrected chi connectivity index (χ4v) is 3.98. The van der Waals surface area contributed by atoms with Crippen molar-refractivity contribution in [2.24, 2.45) is 5.92 Å². The predicted molar refractivity (Wildman–Crippen MR) is 141 cm³/mol. The van der Waals surface area contributed by atoms with Crippen LogP contribution in [0.25, 0.3) is 16.7 Å². The Morgan fingerprint density at radius 3 is 2.58 bits per heavy atom. The molecular formula is C28H36BN3O. The molecule has 2 rings (SSSR count). The summed E-state index contributed by atoms with van der Waals surface area (Å²) in [5.74, 6) is 4.02. The van der Waals surface area contributed by atoms with Gasteiger partial charge in [0, 0.05) is 0 Å². The molecule has 1 atom stereocenters. The van der Waals surface area contributed by atoms with E-state index < -0.39 is 0 Å². The van der Waals surface area contributed by atoms with Crippen LogP contribution < -0.4 is 0 Å². The molecule has 0 aliphatic heterocycles. The van der Waals surface area contributed by atoms with E-state index in [4.69, 9.17) is 12.1 Å². The van der Waals surface area contributed by atoms with E-state index >= 15 is 0 Å². The van der Waals surface area contributed by atoms with Crippen molar-refractivity contribution in [1.29, 1.82) is 0 Å². The maximum absolute atomic E-state index is 5.69. The number of hydrogen-bond acceptors (Lipinski definition) is 3. The van der Waals surface area contributed by atoms with Crippen LogP contribution in [-0.4, -0.2) is 29.4 Å². The van der Waals surface area contributed by atoms with Crippen molar-refractivity contribution in [3.05, 3.63) is 77.1 Å². The molecule has 0 amide bonds. The van der Waals surface area contributed by atoms with Crippen LogP contribution in [-0.2, 0) is 4.74 Å². The summed E-state index contributed by atoms with van der Waals surface area (Å²) < 4.78 is 7.45. The molecule has 1 aromatic heterocycles. The predicted octanol–water partition coefficient (Wildman–Crippen LogP) is 6.99. The van der Waals surface area contributed by atoms with Crippen molar-refractivity contribution >= 4 is 24.1 Å². The molecule has 0 radical (unpaired) electrons. The second-order valence-electron chi connectivity index (χ2n) is 8.20. The van der Waals surface area contributed by atoms with Gasteiger partial charge in [-0.05, 0) is 0 Å². The molecule has 0 bridgehead atoms. The van der Waals surface area contributed by atoms with Crippen LogP contribution in [0.3, 0.4) is 0 Å². The van der Waals surface area contributed by atoms with Crippen molar-refractivity contribution in [3.63, 3.8) is 0 Å². The van der Waals surface area contributed by atoms with E-state index in [9.17, 15) is 0 Å². The summed E-state index contributed by atoms with van der Waals surface area (Å²) in [5, 5.41) is 8.89. The van der Waals surface area contributed by atoms with Gasteiger partial charge in [-0.1, -0.05) is 0 Å². The van der Waals surface area contributed by atoms with Crippen molar-refractivity contribution in [3.8, 4) is 5.80 Å². The van der Waals surface area contributed by atoms with Crippen LogP contribution in [0.15, 0.2) is 77.1 Å². The second-order valence-corrected chi connectivity index (χ2v) is 8.20. The SMILES string of the molecule is B#CCC(\C=C(/C(C)=C(C)/C=C(C=C)/C(CC)=C(\C)OC)n1nnc2ccccc21)CCC. The Kier molecular flexibility index (Phi) is 10.2. The normalized spacial score (nSPS) is 15.0. The first-order valence-corrected chi connectivity index (χ1v) is 11.6. The third-order valence-electron chi connectivity index (χ3n) is 6.01. The Morgan fingerprint density at radius 1 is 1.24 bits per heavy atom. The molecule has 4 nitrogen and oxygen atoms in total. The summed E-state index contributed by atoms with van der Waals surface area (Å²) in [6.07, 6.45) is 9.98. The Balaban J connectivity index is 2.73. The van der Waals surface area contributed by atoms with Crippen LogP contribution in [0.5, 0.6) is 0 Å². The number of aromatic nitrogens is 3. The summed E-state index contributed by atoms with van der Waals surface area (Å²) in [6.45, 7) is 14.6. The van der Waals surface area contributed by atoms with Gasteiger partial charge in [0.05, 0.1) is 7.11 Å². The summed E-state index contributed by atoms with van der Waals surface area (Å²) in [5.41, 5.74) is 7.31. The van der Waals surface area contributed by atoms with E-state index in [0.717, 1.165) is 64.0 Å². The zero-order valence-electron chi connectivity index (χ0n) is 21.0. The molecule has 1 aromatic carbocycles. The van der Waals surface area contributed by atoms with Crippen LogP contribution in [0.4, 0.5) is 0 Å². The number of nitrogens with zero attached hydrogens (tertiary/aromatic N) is 3. The molecule has 0 N–H and O–H groups in total. The van der Waals surface area contributed by atoms with E-state index in [1.165, 1.54) is 0 Å². The first-order chi connectivity index (χ1) is 15.9. The van der Waals surface area contributed by atoms with E-state index in [0.29, 0.717) is 6.42 Å². The fraction of sp³-hybridized carbons (Fsp3) is 0.393. The number of para-hydroxylation sites is 1. The number of ether oxygens (including phenoxy) is 1. The van der Waals surface area contributed by atoms with E-state index in [2.05, 4.69) is 62.5 Å². The second kappa shape index (κ2) is 12.9. The Labute approximate surface area is 200 Å². The van der Waals surface area contributed by atoms with Crippen LogP contribution in [0, 0.1) is 11.7 Å². The molecule has 1 heterocycles. The van der Waals surface area contributed by atoms with Gasteiger partial charge in [-0.2, -0.15) is 0 Å². The van der Waals surface area contributed by atoms with Gasteiger partial charge >= 0.3 is 193 Å². The van der Waals surface area contributed by atoms with Gasteiger partial charge in [-0.3, -0.25) is 0 Å². The standard InChI is InChI=1S/C28H36BN3O/c1-8-13-23(16-17-29)19-28(32-27-15-12-11-14-26(27)30-31-32)21(5)20(4)18-24(9-2)25(10-3)22(6)33-7/h9,11-12,14-15,18-19,23H,2,8,10,13,16H2,1,3-7H3/b21-20+,24-18+,25-22+,28-19+. The van der Waals surface area contributed by atoms with Crippen LogP contribution in [0.2, 0.25) is 0 Å². The van der Waals surface area contributed by atoms with Crippen molar-refractivity contribution in [2.45, 2.75) is 60.3 Å². The summed E-state index contributed by atoms with van der Waals surface area (Å²) >= 11 is 0. The molecule has 0 aliphatic rings. The molecule has 2 aromatic rings. The average Bonchev–Trinajstić information content (AvgIpc) is 3.25. The van der Waals surface area contributed by atoms with Gasteiger partial charge in [-0.15, -0.1) is 0 Å². The number of fused-ring (bicyclic) bond motifs is 1. The van der Waals surface area contributed by atoms with Gasteiger partial charge in [-0.25, -0.2) is 0 Å². The first-order valence-electron chi connectivity index (χ1n) is 11.6. The topological polar surface area (TPSA) is 39.9 Å². The van der Waals surface area contributed by atoms with Crippen LogP contribution >= 0.6 is 0 Å². The number of allylic oxidation sites excluding steroid dienone is 9. The monoisotopic (exact) mass is 441 g/mol. The van der Waals surface area contributed by atoms with Crippen molar-refractivity contribution in [1.82, 2.24) is 15.0 Å². The van der Waals surface area contributed by atoms with Gasteiger partial charge in [0.15, 0.2) is 0 Å². The molecule has 1 unspecified atom stereocenters. The summed E-state index contributed by atoms with van der Waals surface area (Å²) in [6, 6.07) is 8.02. The number of rotatable bonds is 11. The number of benzene rings is 1. The van der Waals surface area contributed by atoms with E-state index in [1.807, 2.05) is 41.9 Å². The molecule has 0 saturated carbocycles. The van der Waals surface area contributed by atoms with Gasteiger partial charge in [0.1, 0.15) is 0 Å². The molecule has 0 fully saturated rings. The maximum atomic E-state index is 5.69. The first kappa shape index (κ1) is 26.2. The Morgan fingerprint density at radius 2 is 1.97 bits per heavy atom. The van der Waals surface area contributed by atoms with E-state index in [1.54, 1.807) is 7.11 Å². The molecular weight excluding hydrogens is 405 g/mol. The number of methoxy groups -OCH3 is 1. The molecule has 0 aliphatic carbocycles. The third-order valence-corrected chi connectivity index (χ3v) is 6.01. The minimum atomic E-state index is 0.269. The van der Waals surface area contributed by atoms with Gasteiger partial charge < -0.3 is 0 Å². The molecule has 0 saturated heterocycles. The fourth-order valence-electron chi connectivity index (χ4n) is 3.98. The molecule has 0 spiro atoms. The minimum absolute atomic E-state index is 0.269. The Bertz CT molecular complexity index is 1140. The summed E-state index contributed by atoms with van der Waals surface area (Å²) in [7, 11) is 7.40. The van der Waals surface area contributed by atoms with Gasteiger partial charge in [0.2, 0.25) is 0 Å². The van der Waals surface area contributed by atoms with Crippen molar-refractivity contribution in [2.75, 3.05) is 7.11 Å². The summed E-state index contributed by atoms with van der Waals surface area (Å²) in [4.78, 5) is 0. The van der Waals surface area contributed by atoms with Gasteiger partial charge in [0.25, 0.3) is 0 Å². The third kappa shape index (κ3) is 6.49. The number of hydrogen-bond donors (Lipinski definition) is 0. The zero-order valence-corrected chi connectivity index (χ0v) is 21.0. The quantitative estimate of drug-likeness (QED) is 0.214. The average molecular weight is 441 g/mol. The molecule has 172 valence electrons. The van der Waals surface area contributed by atoms with E-state index in [-0.39, 0.29) is 5.92 Å².